The van der Waals surface area contributed by atoms with Crippen LogP contribution in [0.2, 0.25) is 10.2 Å². The van der Waals surface area contributed by atoms with E-state index in [1.807, 2.05) is 12.1 Å². The molecule has 1 aromatic carbocycles. The van der Waals surface area contributed by atoms with Crippen molar-refractivity contribution < 1.29 is 9.53 Å². The summed E-state index contributed by atoms with van der Waals surface area (Å²) in [6.45, 7) is 0.485. The molecule has 0 radical (unpaired) electrons. The summed E-state index contributed by atoms with van der Waals surface area (Å²) in [6, 6.07) is 4.88. The number of hydrogen-bond donors (Lipinski definition) is 2. The fourth-order valence-electron chi connectivity index (χ4n) is 2.25. The number of carbonyl (C=O) groups excluding carboxylic acids is 1. The highest BCUT2D eigenvalue weighted by molar-refractivity contribution is 6.32. The molecule has 1 aliphatic rings. The third kappa shape index (κ3) is 3.23. The number of para-hydroxylation sites is 1. The molecule has 2 heterocycles. The first kappa shape index (κ1) is 14.9. The predicted octanol–water partition coefficient (Wildman–Crippen LogP) is 3.43. The number of anilines is 1. The molecule has 1 aromatic heterocycles. The van der Waals surface area contributed by atoms with Crippen molar-refractivity contribution in [2.75, 3.05) is 11.9 Å². The molecule has 0 saturated carbocycles. The summed E-state index contributed by atoms with van der Waals surface area (Å²) in [5.74, 6) is 0.895. The van der Waals surface area contributed by atoms with Crippen molar-refractivity contribution in [1.82, 2.24) is 15.3 Å². The van der Waals surface area contributed by atoms with E-state index in [1.54, 1.807) is 6.07 Å². The standard InChI is InChI=1S/C14H12Cl2N4O2/c15-9-3-1-2-8-10(4-5-22-13(8)9)18-14(21)20-12-7-17-6-11(16)19-12/h1-3,6-7,10H,4-5H2,(H2,18,19,20,21)/t10-/m0/s1. The molecular formula is C14H12Cl2N4O2. The van der Waals surface area contributed by atoms with Gasteiger partial charge in [-0.05, 0) is 6.07 Å². The van der Waals surface area contributed by atoms with Gasteiger partial charge >= 0.3 is 6.03 Å². The van der Waals surface area contributed by atoms with Crippen LogP contribution in [-0.2, 0) is 0 Å². The summed E-state index contributed by atoms with van der Waals surface area (Å²) >= 11 is 11.8. The van der Waals surface area contributed by atoms with Gasteiger partial charge in [0.05, 0.1) is 30.1 Å². The monoisotopic (exact) mass is 338 g/mol. The molecule has 0 unspecified atom stereocenters. The van der Waals surface area contributed by atoms with Crippen LogP contribution in [0.3, 0.4) is 0 Å². The number of carbonyl (C=O) groups is 1. The Kier molecular flexibility index (Phi) is 4.31. The second-order valence-electron chi connectivity index (χ2n) is 4.67. The molecule has 8 heteroatoms. The number of benzene rings is 1. The van der Waals surface area contributed by atoms with Gasteiger partial charge in [-0.1, -0.05) is 35.3 Å². The Hall–Kier alpha value is -2.05. The molecule has 2 aromatic rings. The second kappa shape index (κ2) is 6.37. The highest BCUT2D eigenvalue weighted by atomic mass is 35.5. The Balaban J connectivity index is 1.72. The fourth-order valence-corrected chi connectivity index (χ4v) is 2.63. The van der Waals surface area contributed by atoms with Crippen molar-refractivity contribution in [2.45, 2.75) is 12.5 Å². The zero-order chi connectivity index (χ0) is 15.5. The number of amides is 2. The molecule has 22 heavy (non-hydrogen) atoms. The molecule has 0 spiro atoms. The Labute approximate surface area is 136 Å². The Morgan fingerprint density at radius 1 is 1.32 bits per heavy atom. The van der Waals surface area contributed by atoms with E-state index in [0.717, 1.165) is 5.56 Å². The van der Waals surface area contributed by atoms with Gasteiger partial charge in [-0.15, -0.1) is 0 Å². The topological polar surface area (TPSA) is 76.1 Å². The van der Waals surface area contributed by atoms with Gasteiger partial charge in [0.15, 0.2) is 5.82 Å². The third-order valence-electron chi connectivity index (χ3n) is 3.18. The number of fused-ring (bicyclic) bond motifs is 1. The van der Waals surface area contributed by atoms with E-state index in [4.69, 9.17) is 27.9 Å². The molecule has 0 aliphatic carbocycles. The quantitative estimate of drug-likeness (QED) is 0.879. The van der Waals surface area contributed by atoms with Gasteiger partial charge in [-0.3, -0.25) is 10.3 Å². The van der Waals surface area contributed by atoms with Crippen LogP contribution in [0, 0.1) is 0 Å². The van der Waals surface area contributed by atoms with Crippen molar-refractivity contribution in [3.05, 3.63) is 46.3 Å². The van der Waals surface area contributed by atoms with E-state index in [2.05, 4.69) is 20.6 Å². The summed E-state index contributed by atoms with van der Waals surface area (Å²) in [7, 11) is 0. The molecule has 0 bridgehead atoms. The number of halogens is 2. The molecule has 114 valence electrons. The maximum Gasteiger partial charge on any atom is 0.320 e. The Morgan fingerprint density at radius 3 is 3.00 bits per heavy atom. The lowest BCUT2D eigenvalue weighted by Crippen LogP contribution is -2.35. The highest BCUT2D eigenvalue weighted by Gasteiger charge is 2.24. The highest BCUT2D eigenvalue weighted by Crippen LogP contribution is 2.37. The van der Waals surface area contributed by atoms with E-state index >= 15 is 0 Å². The normalized spacial score (nSPS) is 16.4. The van der Waals surface area contributed by atoms with Gasteiger partial charge in [0.1, 0.15) is 10.9 Å². The van der Waals surface area contributed by atoms with Crippen LogP contribution in [0.4, 0.5) is 10.6 Å². The van der Waals surface area contributed by atoms with Crippen LogP contribution < -0.4 is 15.4 Å². The van der Waals surface area contributed by atoms with Crippen molar-refractivity contribution in [2.24, 2.45) is 0 Å². The van der Waals surface area contributed by atoms with E-state index in [1.165, 1.54) is 12.4 Å². The van der Waals surface area contributed by atoms with Crippen LogP contribution in [-0.4, -0.2) is 22.6 Å². The van der Waals surface area contributed by atoms with Gasteiger partial charge < -0.3 is 10.1 Å². The minimum Gasteiger partial charge on any atom is -0.492 e. The molecule has 0 saturated heterocycles. The Morgan fingerprint density at radius 2 is 2.18 bits per heavy atom. The lowest BCUT2D eigenvalue weighted by molar-refractivity contribution is 0.232. The Bertz CT molecular complexity index is 711. The van der Waals surface area contributed by atoms with E-state index < -0.39 is 6.03 Å². The fraction of sp³-hybridized carbons (Fsp3) is 0.214. The van der Waals surface area contributed by atoms with Gasteiger partial charge in [0.2, 0.25) is 0 Å². The average molecular weight is 339 g/mol. The van der Waals surface area contributed by atoms with Crippen LogP contribution >= 0.6 is 23.2 Å². The number of nitrogens with zero attached hydrogens (tertiary/aromatic N) is 2. The number of nitrogens with one attached hydrogen (secondary N) is 2. The first-order chi connectivity index (χ1) is 10.6. The van der Waals surface area contributed by atoms with Gasteiger partial charge in [-0.25, -0.2) is 9.78 Å². The molecule has 6 nitrogen and oxygen atoms in total. The SMILES string of the molecule is O=C(Nc1cncc(Cl)n1)N[C@H]1CCOc2c(Cl)cccc21. The molecule has 1 aliphatic heterocycles. The average Bonchev–Trinajstić information content (AvgIpc) is 2.48. The third-order valence-corrected chi connectivity index (χ3v) is 3.66. The first-order valence-corrected chi connectivity index (χ1v) is 7.35. The maximum absolute atomic E-state index is 12.1. The predicted molar refractivity (Wildman–Crippen MR) is 83.5 cm³/mol. The molecule has 0 fully saturated rings. The van der Waals surface area contributed by atoms with Gasteiger partial charge in [0, 0.05) is 12.0 Å². The zero-order valence-electron chi connectivity index (χ0n) is 11.3. The maximum atomic E-state index is 12.1. The van der Waals surface area contributed by atoms with E-state index in [0.29, 0.717) is 23.8 Å². The summed E-state index contributed by atoms with van der Waals surface area (Å²) in [4.78, 5) is 19.9. The minimum absolute atomic E-state index is 0.186. The summed E-state index contributed by atoms with van der Waals surface area (Å²) in [6.07, 6.45) is 3.46. The summed E-state index contributed by atoms with van der Waals surface area (Å²) in [5, 5.41) is 6.21. The van der Waals surface area contributed by atoms with Crippen LogP contribution in [0.5, 0.6) is 5.75 Å². The number of aromatic nitrogens is 2. The van der Waals surface area contributed by atoms with Crippen LogP contribution in [0.15, 0.2) is 30.6 Å². The summed E-state index contributed by atoms with van der Waals surface area (Å²) in [5.41, 5.74) is 0.853. The van der Waals surface area contributed by atoms with Crippen molar-refractivity contribution in [3.63, 3.8) is 0 Å². The van der Waals surface area contributed by atoms with Crippen molar-refractivity contribution in [1.29, 1.82) is 0 Å². The number of ether oxygens (including phenoxy) is 1. The number of rotatable bonds is 2. The molecule has 2 N–H and O–H groups in total. The zero-order valence-corrected chi connectivity index (χ0v) is 12.9. The van der Waals surface area contributed by atoms with E-state index in [-0.39, 0.29) is 17.0 Å². The van der Waals surface area contributed by atoms with E-state index in [9.17, 15) is 4.79 Å². The van der Waals surface area contributed by atoms with Crippen molar-refractivity contribution >= 4 is 35.1 Å². The van der Waals surface area contributed by atoms with Gasteiger partial charge in [-0.2, -0.15) is 0 Å². The minimum atomic E-state index is -0.394. The first-order valence-electron chi connectivity index (χ1n) is 6.60. The van der Waals surface area contributed by atoms with Crippen LogP contribution in [0.25, 0.3) is 0 Å². The molecule has 2 amide bonds. The van der Waals surface area contributed by atoms with Crippen LogP contribution in [0.1, 0.15) is 18.0 Å². The lowest BCUT2D eigenvalue weighted by Gasteiger charge is -2.27. The largest absolute Gasteiger partial charge is 0.492 e. The summed E-state index contributed by atoms with van der Waals surface area (Å²) < 4.78 is 5.56. The van der Waals surface area contributed by atoms with Gasteiger partial charge in [0.25, 0.3) is 0 Å². The number of urea groups is 1. The number of hydrogen-bond acceptors (Lipinski definition) is 4. The molecule has 3 rings (SSSR count). The van der Waals surface area contributed by atoms with Crippen molar-refractivity contribution in [3.8, 4) is 5.75 Å². The smallest absolute Gasteiger partial charge is 0.320 e. The second-order valence-corrected chi connectivity index (χ2v) is 5.47. The lowest BCUT2D eigenvalue weighted by atomic mass is 10.0. The molecular weight excluding hydrogens is 327 g/mol. The molecule has 1 atom stereocenters.